The molecule has 1 aliphatic heterocycles. The third-order valence-electron chi connectivity index (χ3n) is 4.73. The number of ether oxygens (including phenoxy) is 3. The lowest BCUT2D eigenvalue weighted by Crippen LogP contribution is -2.30. The van der Waals surface area contributed by atoms with Gasteiger partial charge in [0.05, 0.1) is 37.9 Å². The summed E-state index contributed by atoms with van der Waals surface area (Å²) >= 11 is 0. The molecule has 0 fully saturated rings. The van der Waals surface area contributed by atoms with Crippen LogP contribution in [0.5, 0.6) is 5.75 Å². The molecule has 1 aliphatic rings. The zero-order valence-electron chi connectivity index (χ0n) is 16.3. The minimum atomic E-state index is -0.338. The van der Waals surface area contributed by atoms with Crippen LogP contribution >= 0.6 is 0 Å². The molecule has 1 heterocycles. The van der Waals surface area contributed by atoms with Crippen LogP contribution in [-0.2, 0) is 14.3 Å². The zero-order valence-corrected chi connectivity index (χ0v) is 16.3. The SMILES string of the molecule is CCOC1c2cc(NC(=O)c3ccc(C#N)cc3)ccc2OCC1CC(=O)OC. The molecule has 2 aromatic carbocycles. The van der Waals surface area contributed by atoms with E-state index in [1.54, 1.807) is 42.5 Å². The Morgan fingerprint density at radius 3 is 2.66 bits per heavy atom. The van der Waals surface area contributed by atoms with E-state index in [1.807, 2.05) is 13.0 Å². The molecule has 0 saturated heterocycles. The van der Waals surface area contributed by atoms with E-state index in [0.29, 0.717) is 35.8 Å². The summed E-state index contributed by atoms with van der Waals surface area (Å²) in [6.45, 7) is 2.72. The standard InChI is InChI=1S/C22H22N2O5/c1-3-28-21-16(10-20(25)27-2)13-29-19-9-8-17(11-18(19)21)24-22(26)15-6-4-14(12-23)5-7-15/h4-9,11,16,21H,3,10,13H2,1-2H3,(H,24,26). The topological polar surface area (TPSA) is 97.6 Å². The fraction of sp³-hybridized carbons (Fsp3) is 0.318. The fourth-order valence-corrected chi connectivity index (χ4v) is 3.29. The van der Waals surface area contributed by atoms with Crippen LogP contribution in [0.1, 0.15) is 40.9 Å². The number of anilines is 1. The number of rotatable bonds is 6. The van der Waals surface area contributed by atoms with Gasteiger partial charge in [-0.2, -0.15) is 5.26 Å². The van der Waals surface area contributed by atoms with Gasteiger partial charge in [0.1, 0.15) is 5.75 Å². The van der Waals surface area contributed by atoms with Crippen LogP contribution < -0.4 is 10.1 Å². The van der Waals surface area contributed by atoms with E-state index < -0.39 is 0 Å². The van der Waals surface area contributed by atoms with Crippen LogP contribution in [0.15, 0.2) is 42.5 Å². The number of amides is 1. The number of nitriles is 1. The first-order chi connectivity index (χ1) is 14.0. The number of nitrogens with one attached hydrogen (secondary N) is 1. The van der Waals surface area contributed by atoms with Crippen LogP contribution in [0.25, 0.3) is 0 Å². The predicted molar refractivity (Wildman–Crippen MR) is 106 cm³/mol. The second-order valence-electron chi connectivity index (χ2n) is 6.62. The van der Waals surface area contributed by atoms with Crippen molar-refractivity contribution in [3.63, 3.8) is 0 Å². The molecular formula is C22H22N2O5. The van der Waals surface area contributed by atoms with Gasteiger partial charge in [0.2, 0.25) is 0 Å². The zero-order chi connectivity index (χ0) is 20.8. The number of methoxy groups -OCH3 is 1. The third-order valence-corrected chi connectivity index (χ3v) is 4.73. The number of benzene rings is 2. The van der Waals surface area contributed by atoms with E-state index in [2.05, 4.69) is 5.32 Å². The highest BCUT2D eigenvalue weighted by molar-refractivity contribution is 6.04. The molecule has 2 aromatic rings. The van der Waals surface area contributed by atoms with Crippen LogP contribution in [0.4, 0.5) is 5.69 Å². The van der Waals surface area contributed by atoms with Crippen molar-refractivity contribution >= 4 is 17.6 Å². The average molecular weight is 394 g/mol. The van der Waals surface area contributed by atoms with Crippen LogP contribution in [0.3, 0.4) is 0 Å². The van der Waals surface area contributed by atoms with E-state index in [9.17, 15) is 9.59 Å². The largest absolute Gasteiger partial charge is 0.493 e. The van der Waals surface area contributed by atoms with E-state index >= 15 is 0 Å². The molecule has 1 amide bonds. The van der Waals surface area contributed by atoms with E-state index in [1.165, 1.54) is 7.11 Å². The fourth-order valence-electron chi connectivity index (χ4n) is 3.29. The number of hydrogen-bond acceptors (Lipinski definition) is 6. The monoisotopic (exact) mass is 394 g/mol. The number of hydrogen-bond donors (Lipinski definition) is 1. The van der Waals surface area contributed by atoms with Crippen molar-refractivity contribution in [2.45, 2.75) is 19.4 Å². The van der Waals surface area contributed by atoms with Crippen molar-refractivity contribution < 1.29 is 23.8 Å². The molecule has 3 rings (SSSR count). The van der Waals surface area contributed by atoms with E-state index in [-0.39, 0.29) is 30.3 Å². The first-order valence-corrected chi connectivity index (χ1v) is 9.32. The van der Waals surface area contributed by atoms with Gasteiger partial charge in [0, 0.05) is 29.3 Å². The Kier molecular flexibility index (Phi) is 6.47. The molecular weight excluding hydrogens is 372 g/mol. The van der Waals surface area contributed by atoms with Gasteiger partial charge in [-0.25, -0.2) is 0 Å². The summed E-state index contributed by atoms with van der Waals surface area (Å²) in [5.74, 6) is -0.123. The molecule has 0 aromatic heterocycles. The van der Waals surface area contributed by atoms with Gasteiger partial charge in [0.25, 0.3) is 5.91 Å². The average Bonchev–Trinajstić information content (AvgIpc) is 2.75. The van der Waals surface area contributed by atoms with Gasteiger partial charge >= 0.3 is 5.97 Å². The highest BCUT2D eigenvalue weighted by Crippen LogP contribution is 2.40. The van der Waals surface area contributed by atoms with E-state index in [0.717, 1.165) is 5.56 Å². The lowest BCUT2D eigenvalue weighted by Gasteiger charge is -2.33. The quantitative estimate of drug-likeness (QED) is 0.754. The van der Waals surface area contributed by atoms with Crippen molar-refractivity contribution in [2.24, 2.45) is 5.92 Å². The lowest BCUT2D eigenvalue weighted by atomic mass is 9.90. The van der Waals surface area contributed by atoms with Crippen molar-refractivity contribution in [3.05, 3.63) is 59.2 Å². The Hall–Kier alpha value is -3.37. The van der Waals surface area contributed by atoms with Gasteiger partial charge < -0.3 is 19.5 Å². The van der Waals surface area contributed by atoms with Gasteiger partial charge in [0.15, 0.2) is 0 Å². The molecule has 0 aliphatic carbocycles. The number of carbonyl (C=O) groups is 2. The molecule has 0 radical (unpaired) electrons. The Bertz CT molecular complexity index is 933. The van der Waals surface area contributed by atoms with E-state index in [4.69, 9.17) is 19.5 Å². The van der Waals surface area contributed by atoms with Crippen LogP contribution in [-0.4, -0.2) is 32.2 Å². The molecule has 1 N–H and O–H groups in total. The molecule has 7 heteroatoms. The second-order valence-corrected chi connectivity index (χ2v) is 6.62. The summed E-state index contributed by atoms with van der Waals surface area (Å²) in [7, 11) is 1.35. The summed E-state index contributed by atoms with van der Waals surface area (Å²) in [5, 5.41) is 11.7. The molecule has 7 nitrogen and oxygen atoms in total. The molecule has 2 unspecified atom stereocenters. The summed E-state index contributed by atoms with van der Waals surface area (Å²) in [5.41, 5.74) is 2.31. The Morgan fingerprint density at radius 2 is 2.00 bits per heavy atom. The minimum absolute atomic E-state index is 0.181. The van der Waals surface area contributed by atoms with Crippen molar-refractivity contribution in [1.29, 1.82) is 5.26 Å². The number of nitrogens with zero attached hydrogens (tertiary/aromatic N) is 1. The predicted octanol–water partition coefficient (Wildman–Crippen LogP) is 3.46. The maximum Gasteiger partial charge on any atom is 0.306 e. The summed E-state index contributed by atoms with van der Waals surface area (Å²) in [6.07, 6.45) is -0.155. The molecule has 0 bridgehead atoms. The van der Waals surface area contributed by atoms with Crippen LogP contribution in [0, 0.1) is 17.2 Å². The van der Waals surface area contributed by atoms with Gasteiger partial charge in [-0.05, 0) is 49.4 Å². The number of esters is 1. The highest BCUT2D eigenvalue weighted by atomic mass is 16.5. The lowest BCUT2D eigenvalue weighted by molar-refractivity contribution is -0.144. The molecule has 0 saturated carbocycles. The molecule has 29 heavy (non-hydrogen) atoms. The number of fused-ring (bicyclic) bond motifs is 1. The summed E-state index contributed by atoms with van der Waals surface area (Å²) in [6, 6.07) is 13.8. The van der Waals surface area contributed by atoms with Crippen molar-refractivity contribution in [1.82, 2.24) is 0 Å². The highest BCUT2D eigenvalue weighted by Gasteiger charge is 2.33. The smallest absolute Gasteiger partial charge is 0.306 e. The molecule has 2 atom stereocenters. The van der Waals surface area contributed by atoms with Crippen molar-refractivity contribution in [2.75, 3.05) is 25.6 Å². The van der Waals surface area contributed by atoms with Gasteiger partial charge in [-0.15, -0.1) is 0 Å². The van der Waals surface area contributed by atoms with Gasteiger partial charge in [-0.3, -0.25) is 9.59 Å². The minimum Gasteiger partial charge on any atom is -0.493 e. The third kappa shape index (κ3) is 4.73. The maximum atomic E-state index is 12.5. The summed E-state index contributed by atoms with van der Waals surface area (Å²) in [4.78, 5) is 24.3. The second kappa shape index (κ2) is 9.22. The first-order valence-electron chi connectivity index (χ1n) is 9.32. The van der Waals surface area contributed by atoms with Crippen LogP contribution in [0.2, 0.25) is 0 Å². The Labute approximate surface area is 169 Å². The summed E-state index contributed by atoms with van der Waals surface area (Å²) < 4.78 is 16.5. The van der Waals surface area contributed by atoms with Gasteiger partial charge in [-0.1, -0.05) is 0 Å². The Balaban J connectivity index is 1.81. The van der Waals surface area contributed by atoms with Crippen molar-refractivity contribution in [3.8, 4) is 11.8 Å². The maximum absolute atomic E-state index is 12.5. The Morgan fingerprint density at radius 1 is 1.24 bits per heavy atom. The molecule has 0 spiro atoms. The first kappa shape index (κ1) is 20.4. The normalized spacial score (nSPS) is 17.4. The number of carbonyl (C=O) groups excluding carboxylic acids is 2. The molecule has 150 valence electrons.